The second-order valence-corrected chi connectivity index (χ2v) is 6.83. The normalized spacial score (nSPS) is 17.8. The number of thiophene rings is 1. The Labute approximate surface area is 129 Å². The third-order valence-electron chi connectivity index (χ3n) is 3.98. The van der Waals surface area contributed by atoms with Crippen molar-refractivity contribution in [3.05, 3.63) is 22.4 Å². The molecule has 116 valence electrons. The average Bonchev–Trinajstić information content (AvgIpc) is 2.98. The number of urea groups is 1. The van der Waals surface area contributed by atoms with Crippen LogP contribution in [-0.4, -0.2) is 29.9 Å². The molecule has 2 rings (SSSR count). The van der Waals surface area contributed by atoms with Gasteiger partial charge in [0.05, 0.1) is 6.04 Å². The van der Waals surface area contributed by atoms with E-state index < -0.39 is 0 Å². The van der Waals surface area contributed by atoms with Crippen LogP contribution in [0.1, 0.15) is 37.6 Å². The lowest BCUT2D eigenvalue weighted by molar-refractivity contribution is -0.123. The van der Waals surface area contributed by atoms with Crippen LogP contribution in [0.3, 0.4) is 0 Å². The van der Waals surface area contributed by atoms with Crippen molar-refractivity contribution < 1.29 is 9.59 Å². The van der Waals surface area contributed by atoms with Crippen LogP contribution in [0.5, 0.6) is 0 Å². The molecule has 3 amide bonds. The van der Waals surface area contributed by atoms with Gasteiger partial charge in [0.25, 0.3) is 0 Å². The van der Waals surface area contributed by atoms with Gasteiger partial charge in [-0.1, -0.05) is 19.9 Å². The van der Waals surface area contributed by atoms with E-state index in [0.717, 1.165) is 0 Å². The molecule has 0 aromatic carbocycles. The summed E-state index contributed by atoms with van der Waals surface area (Å²) in [6, 6.07) is 4.03. The summed E-state index contributed by atoms with van der Waals surface area (Å²) in [7, 11) is 0. The quantitative estimate of drug-likeness (QED) is 0.896. The molecule has 0 spiro atoms. The molecule has 21 heavy (non-hydrogen) atoms. The van der Waals surface area contributed by atoms with Crippen LogP contribution < -0.4 is 11.1 Å². The van der Waals surface area contributed by atoms with E-state index in [2.05, 4.69) is 25.2 Å². The van der Waals surface area contributed by atoms with Crippen molar-refractivity contribution in [3.8, 4) is 0 Å². The zero-order valence-corrected chi connectivity index (χ0v) is 13.4. The summed E-state index contributed by atoms with van der Waals surface area (Å²) in [5.74, 6) is -0.0169. The number of nitrogens with zero attached hydrogens (tertiary/aromatic N) is 1. The largest absolute Gasteiger partial charge is 0.369 e. The van der Waals surface area contributed by atoms with Crippen molar-refractivity contribution in [2.24, 2.45) is 17.6 Å². The van der Waals surface area contributed by atoms with Gasteiger partial charge >= 0.3 is 6.03 Å². The summed E-state index contributed by atoms with van der Waals surface area (Å²) in [5, 5.41) is 5.14. The lowest BCUT2D eigenvalue weighted by atomic mass is 9.96. The molecule has 6 heteroatoms. The predicted octanol–water partition coefficient (Wildman–Crippen LogP) is 2.35. The van der Waals surface area contributed by atoms with Crippen LogP contribution in [0, 0.1) is 11.8 Å². The summed E-state index contributed by atoms with van der Waals surface area (Å²) >= 11 is 1.66. The Kier molecular flexibility index (Phi) is 5.22. The molecule has 3 N–H and O–H groups in total. The number of nitrogens with two attached hydrogens (primary N) is 1. The van der Waals surface area contributed by atoms with Gasteiger partial charge in [0.15, 0.2) is 0 Å². The van der Waals surface area contributed by atoms with Crippen LogP contribution in [-0.2, 0) is 4.79 Å². The highest BCUT2D eigenvalue weighted by atomic mass is 32.1. The zero-order valence-electron chi connectivity index (χ0n) is 12.5. The van der Waals surface area contributed by atoms with Gasteiger partial charge in [-0.05, 0) is 30.2 Å². The minimum Gasteiger partial charge on any atom is -0.369 e. The lowest BCUT2D eigenvalue weighted by Gasteiger charge is -2.32. The smallest absolute Gasteiger partial charge is 0.317 e. The first-order valence-electron chi connectivity index (χ1n) is 7.37. The third-order valence-corrected chi connectivity index (χ3v) is 4.94. The number of carbonyl (C=O) groups excluding carboxylic acids is 2. The van der Waals surface area contributed by atoms with E-state index in [4.69, 9.17) is 5.73 Å². The second kappa shape index (κ2) is 6.93. The van der Waals surface area contributed by atoms with Gasteiger partial charge < -0.3 is 16.0 Å². The van der Waals surface area contributed by atoms with Gasteiger partial charge in [0, 0.05) is 23.9 Å². The van der Waals surface area contributed by atoms with Gasteiger partial charge in [-0.25, -0.2) is 4.79 Å². The molecule has 1 aliphatic heterocycles. The van der Waals surface area contributed by atoms with E-state index in [1.807, 2.05) is 11.4 Å². The molecule has 0 bridgehead atoms. The van der Waals surface area contributed by atoms with Crippen LogP contribution in [0.2, 0.25) is 0 Å². The number of nitrogens with one attached hydrogen (secondary N) is 1. The molecular weight excluding hydrogens is 286 g/mol. The highest BCUT2D eigenvalue weighted by Crippen LogP contribution is 2.26. The average molecular weight is 309 g/mol. The molecular formula is C15H23N3O2S. The Balaban J connectivity index is 1.93. The first-order chi connectivity index (χ1) is 9.99. The van der Waals surface area contributed by atoms with Gasteiger partial charge in [-0.3, -0.25) is 4.79 Å². The highest BCUT2D eigenvalue weighted by Gasteiger charge is 2.28. The molecule has 1 atom stereocenters. The van der Waals surface area contributed by atoms with Gasteiger partial charge in [0.1, 0.15) is 0 Å². The number of hydrogen-bond donors (Lipinski definition) is 2. The van der Waals surface area contributed by atoms with E-state index >= 15 is 0 Å². The molecule has 0 unspecified atom stereocenters. The van der Waals surface area contributed by atoms with E-state index in [1.54, 1.807) is 16.2 Å². The fourth-order valence-electron chi connectivity index (χ4n) is 2.63. The third kappa shape index (κ3) is 3.97. The molecule has 5 nitrogen and oxygen atoms in total. The molecule has 1 saturated heterocycles. The lowest BCUT2D eigenvalue weighted by Crippen LogP contribution is -2.47. The first-order valence-corrected chi connectivity index (χ1v) is 8.25. The van der Waals surface area contributed by atoms with Crippen LogP contribution in [0.4, 0.5) is 4.79 Å². The Morgan fingerprint density at radius 3 is 2.52 bits per heavy atom. The van der Waals surface area contributed by atoms with Crippen LogP contribution in [0.15, 0.2) is 17.5 Å². The first kappa shape index (κ1) is 15.8. The fraction of sp³-hybridized carbons (Fsp3) is 0.600. The van der Waals surface area contributed by atoms with Gasteiger partial charge in [-0.2, -0.15) is 0 Å². The van der Waals surface area contributed by atoms with E-state index in [9.17, 15) is 9.59 Å². The number of piperidine rings is 1. The maximum atomic E-state index is 12.4. The van der Waals surface area contributed by atoms with Crippen molar-refractivity contribution in [1.82, 2.24) is 10.2 Å². The summed E-state index contributed by atoms with van der Waals surface area (Å²) in [5.41, 5.74) is 5.32. The monoisotopic (exact) mass is 309 g/mol. The molecule has 1 fully saturated rings. The summed E-state index contributed by atoms with van der Waals surface area (Å²) in [4.78, 5) is 26.5. The summed E-state index contributed by atoms with van der Waals surface area (Å²) < 4.78 is 0. The predicted molar refractivity (Wildman–Crippen MR) is 83.9 cm³/mol. The molecule has 0 radical (unpaired) electrons. The van der Waals surface area contributed by atoms with E-state index in [0.29, 0.717) is 31.8 Å². The summed E-state index contributed by atoms with van der Waals surface area (Å²) in [6.45, 7) is 5.39. The number of likely N-dealkylation sites (tertiary alicyclic amines) is 1. The van der Waals surface area contributed by atoms with Crippen LogP contribution in [0.25, 0.3) is 0 Å². The van der Waals surface area contributed by atoms with Crippen molar-refractivity contribution in [3.63, 3.8) is 0 Å². The second-order valence-electron chi connectivity index (χ2n) is 5.85. The van der Waals surface area contributed by atoms with Crippen LogP contribution >= 0.6 is 11.3 Å². The topological polar surface area (TPSA) is 75.4 Å². The molecule has 1 aromatic heterocycles. The Hall–Kier alpha value is -1.56. The number of carbonyl (C=O) groups is 2. The van der Waals surface area contributed by atoms with Crippen molar-refractivity contribution in [1.29, 1.82) is 0 Å². The molecule has 0 saturated carbocycles. The summed E-state index contributed by atoms with van der Waals surface area (Å²) in [6.07, 6.45) is 1.32. The minimum absolute atomic E-state index is 0.0337. The highest BCUT2D eigenvalue weighted by molar-refractivity contribution is 7.10. The maximum Gasteiger partial charge on any atom is 0.317 e. The fourth-order valence-corrected chi connectivity index (χ4v) is 3.58. The van der Waals surface area contributed by atoms with Crippen molar-refractivity contribution in [2.75, 3.05) is 13.1 Å². The standard InChI is InChI=1S/C15H23N3O2S/c1-10(2)13(12-4-3-9-21-12)17-15(20)18-7-5-11(6-8-18)14(16)19/h3-4,9-11,13H,5-8H2,1-2H3,(H2,16,19)(H,17,20)/t13-/m0/s1. The molecule has 1 aliphatic rings. The SMILES string of the molecule is CC(C)[C@H](NC(=O)N1CCC(C(N)=O)CC1)c1cccs1. The number of amides is 3. The minimum atomic E-state index is -0.256. The number of primary amides is 1. The van der Waals surface area contributed by atoms with E-state index in [-0.39, 0.29) is 23.9 Å². The Bertz CT molecular complexity index is 479. The zero-order chi connectivity index (χ0) is 15.4. The Morgan fingerprint density at radius 1 is 1.38 bits per heavy atom. The number of rotatable bonds is 4. The van der Waals surface area contributed by atoms with Gasteiger partial charge in [0.2, 0.25) is 5.91 Å². The maximum absolute atomic E-state index is 12.4. The van der Waals surface area contributed by atoms with Crippen molar-refractivity contribution in [2.45, 2.75) is 32.7 Å². The molecule has 2 heterocycles. The Morgan fingerprint density at radius 2 is 2.05 bits per heavy atom. The molecule has 0 aliphatic carbocycles. The number of hydrogen-bond acceptors (Lipinski definition) is 3. The van der Waals surface area contributed by atoms with E-state index in [1.165, 1.54) is 4.88 Å². The van der Waals surface area contributed by atoms with Crippen molar-refractivity contribution >= 4 is 23.3 Å². The van der Waals surface area contributed by atoms with Gasteiger partial charge in [-0.15, -0.1) is 11.3 Å². The molecule has 1 aromatic rings.